The minimum absolute atomic E-state index is 0.168. The second kappa shape index (κ2) is 5.55. The Morgan fingerprint density at radius 2 is 2.00 bits per heavy atom. The van der Waals surface area contributed by atoms with Gasteiger partial charge in [-0.05, 0) is 42.4 Å². The van der Waals surface area contributed by atoms with Crippen molar-refractivity contribution in [1.29, 1.82) is 5.26 Å². The largest absolute Gasteiger partial charge is 0.331 e. The first-order valence-corrected chi connectivity index (χ1v) is 7.34. The van der Waals surface area contributed by atoms with Crippen molar-refractivity contribution in [2.24, 2.45) is 0 Å². The quantitative estimate of drug-likeness (QED) is 0.719. The van der Waals surface area contributed by atoms with Crippen LogP contribution in [-0.4, -0.2) is 9.55 Å². The lowest BCUT2D eigenvalue weighted by Gasteiger charge is -2.18. The van der Waals surface area contributed by atoms with Crippen LogP contribution < -0.4 is 0 Å². The first-order chi connectivity index (χ1) is 10.2. The van der Waals surface area contributed by atoms with Crippen molar-refractivity contribution in [2.75, 3.05) is 0 Å². The molecule has 0 fully saturated rings. The van der Waals surface area contributed by atoms with Crippen LogP contribution in [-0.2, 0) is 0 Å². The van der Waals surface area contributed by atoms with Crippen LogP contribution in [0.25, 0.3) is 11.0 Å². The number of nitrogens with zero attached hydrogens (tertiary/aromatic N) is 2. The molecule has 1 unspecified atom stereocenters. The van der Waals surface area contributed by atoms with Crippen LogP contribution in [0.1, 0.15) is 30.5 Å². The summed E-state index contributed by atoms with van der Waals surface area (Å²) in [5.41, 5.74) is 3.82. The lowest BCUT2D eigenvalue weighted by atomic mass is 10.0. The third-order valence-corrected chi connectivity index (χ3v) is 4.03. The highest BCUT2D eigenvalue weighted by Gasteiger charge is 2.16. The average Bonchev–Trinajstić information content (AvgIpc) is 2.85. The standard InChI is InChI=1S/C17H15N3S/c1-2-15(13-6-4-3-5-7-13)20-16-10-12(11-18)8-9-14(16)19-17(20)21/h3-10,15H,2H2,1H3,(H,19,21). The van der Waals surface area contributed by atoms with E-state index in [1.165, 1.54) is 5.56 Å². The highest BCUT2D eigenvalue weighted by molar-refractivity contribution is 7.71. The number of benzene rings is 2. The summed E-state index contributed by atoms with van der Waals surface area (Å²) in [4.78, 5) is 3.23. The fourth-order valence-electron chi connectivity index (χ4n) is 2.74. The molecule has 0 bridgehead atoms. The maximum atomic E-state index is 9.11. The van der Waals surface area contributed by atoms with Gasteiger partial charge in [0, 0.05) is 0 Å². The second-order valence-electron chi connectivity index (χ2n) is 4.98. The molecule has 0 aliphatic heterocycles. The van der Waals surface area contributed by atoms with Gasteiger partial charge in [-0.15, -0.1) is 0 Å². The van der Waals surface area contributed by atoms with Crippen molar-refractivity contribution >= 4 is 23.3 Å². The van der Waals surface area contributed by atoms with E-state index in [4.69, 9.17) is 17.5 Å². The summed E-state index contributed by atoms with van der Waals surface area (Å²) < 4.78 is 2.80. The van der Waals surface area contributed by atoms with E-state index in [9.17, 15) is 0 Å². The Kier molecular flexibility index (Phi) is 3.59. The molecule has 4 heteroatoms. The zero-order valence-electron chi connectivity index (χ0n) is 11.7. The predicted octanol–water partition coefficient (Wildman–Crippen LogP) is 4.57. The molecule has 1 N–H and O–H groups in total. The molecule has 21 heavy (non-hydrogen) atoms. The number of fused-ring (bicyclic) bond motifs is 1. The van der Waals surface area contributed by atoms with Crippen LogP contribution in [0.4, 0.5) is 0 Å². The van der Waals surface area contributed by atoms with Crippen LogP contribution in [0.15, 0.2) is 48.5 Å². The van der Waals surface area contributed by atoms with Gasteiger partial charge in [-0.2, -0.15) is 5.26 Å². The van der Waals surface area contributed by atoms with E-state index in [0.29, 0.717) is 10.3 Å². The zero-order chi connectivity index (χ0) is 14.8. The highest BCUT2D eigenvalue weighted by atomic mass is 32.1. The van der Waals surface area contributed by atoms with Gasteiger partial charge in [0.2, 0.25) is 0 Å². The van der Waals surface area contributed by atoms with Crippen LogP contribution in [0, 0.1) is 16.1 Å². The summed E-state index contributed by atoms with van der Waals surface area (Å²) in [7, 11) is 0. The summed E-state index contributed by atoms with van der Waals surface area (Å²) in [5, 5.41) is 9.11. The number of nitrogens with one attached hydrogen (secondary N) is 1. The van der Waals surface area contributed by atoms with E-state index in [1.54, 1.807) is 6.07 Å². The Morgan fingerprint density at radius 1 is 1.24 bits per heavy atom. The summed E-state index contributed by atoms with van der Waals surface area (Å²) in [6.07, 6.45) is 0.933. The van der Waals surface area contributed by atoms with Crippen molar-refractivity contribution in [1.82, 2.24) is 9.55 Å². The van der Waals surface area contributed by atoms with E-state index in [1.807, 2.05) is 30.3 Å². The summed E-state index contributed by atoms with van der Waals surface area (Å²) in [6.45, 7) is 2.15. The predicted molar refractivity (Wildman–Crippen MR) is 86.7 cm³/mol. The van der Waals surface area contributed by atoms with Crippen molar-refractivity contribution in [3.63, 3.8) is 0 Å². The van der Waals surface area contributed by atoms with Crippen molar-refractivity contribution in [3.05, 3.63) is 64.4 Å². The number of rotatable bonds is 3. The fourth-order valence-corrected chi connectivity index (χ4v) is 3.08. The Balaban J connectivity index is 2.25. The lowest BCUT2D eigenvalue weighted by molar-refractivity contribution is 0.575. The molecular formula is C17H15N3S. The van der Waals surface area contributed by atoms with Gasteiger partial charge in [0.05, 0.1) is 28.7 Å². The molecule has 3 aromatic rings. The molecule has 104 valence electrons. The number of aromatic nitrogens is 2. The molecule has 0 saturated heterocycles. The van der Waals surface area contributed by atoms with Crippen molar-refractivity contribution < 1.29 is 0 Å². The number of nitriles is 1. The maximum Gasteiger partial charge on any atom is 0.178 e. The van der Waals surface area contributed by atoms with E-state index >= 15 is 0 Å². The minimum atomic E-state index is 0.168. The zero-order valence-corrected chi connectivity index (χ0v) is 12.5. The Labute approximate surface area is 128 Å². The Hall–Kier alpha value is -2.38. The first-order valence-electron chi connectivity index (χ1n) is 6.94. The van der Waals surface area contributed by atoms with Crippen LogP contribution in [0.2, 0.25) is 0 Å². The monoisotopic (exact) mass is 293 g/mol. The van der Waals surface area contributed by atoms with Crippen LogP contribution in [0.5, 0.6) is 0 Å². The third kappa shape index (κ3) is 2.37. The minimum Gasteiger partial charge on any atom is -0.331 e. The first kappa shape index (κ1) is 13.6. The van der Waals surface area contributed by atoms with Gasteiger partial charge < -0.3 is 9.55 Å². The molecule has 1 atom stereocenters. The number of aromatic amines is 1. The van der Waals surface area contributed by atoms with E-state index in [2.05, 4.69) is 34.7 Å². The highest BCUT2D eigenvalue weighted by Crippen LogP contribution is 2.27. The van der Waals surface area contributed by atoms with Gasteiger partial charge in [-0.3, -0.25) is 0 Å². The molecule has 1 aromatic heterocycles. The maximum absolute atomic E-state index is 9.11. The molecule has 0 saturated carbocycles. The molecular weight excluding hydrogens is 278 g/mol. The number of H-pyrrole nitrogens is 1. The SMILES string of the molecule is CCC(c1ccccc1)n1c(=S)[nH]c2ccc(C#N)cc21. The lowest BCUT2D eigenvalue weighted by Crippen LogP contribution is -2.09. The molecule has 0 aliphatic rings. The molecule has 2 aromatic carbocycles. The van der Waals surface area contributed by atoms with E-state index < -0.39 is 0 Å². The molecule has 0 radical (unpaired) electrons. The normalized spacial score (nSPS) is 12.2. The Morgan fingerprint density at radius 3 is 2.67 bits per heavy atom. The third-order valence-electron chi connectivity index (χ3n) is 3.73. The molecule has 0 amide bonds. The van der Waals surface area contributed by atoms with Gasteiger partial charge in [0.1, 0.15) is 0 Å². The summed E-state index contributed by atoms with van der Waals surface area (Å²) >= 11 is 5.50. The van der Waals surface area contributed by atoms with Crippen LogP contribution >= 0.6 is 12.2 Å². The fraction of sp³-hybridized carbons (Fsp3) is 0.176. The van der Waals surface area contributed by atoms with E-state index in [-0.39, 0.29) is 6.04 Å². The Bertz CT molecular complexity index is 868. The van der Waals surface area contributed by atoms with E-state index in [0.717, 1.165) is 17.5 Å². The summed E-state index contributed by atoms with van der Waals surface area (Å²) in [5.74, 6) is 0. The number of hydrogen-bond donors (Lipinski definition) is 1. The topological polar surface area (TPSA) is 44.5 Å². The average molecular weight is 293 g/mol. The number of imidazole rings is 1. The van der Waals surface area contributed by atoms with Crippen molar-refractivity contribution in [2.45, 2.75) is 19.4 Å². The van der Waals surface area contributed by atoms with Gasteiger partial charge in [-0.1, -0.05) is 37.3 Å². The summed E-state index contributed by atoms with van der Waals surface area (Å²) in [6, 6.07) is 18.3. The van der Waals surface area contributed by atoms with Gasteiger partial charge in [0.15, 0.2) is 4.77 Å². The smallest absolute Gasteiger partial charge is 0.178 e. The molecule has 1 heterocycles. The van der Waals surface area contributed by atoms with Gasteiger partial charge in [0.25, 0.3) is 0 Å². The molecule has 0 spiro atoms. The molecule has 3 rings (SSSR count). The molecule has 3 nitrogen and oxygen atoms in total. The van der Waals surface area contributed by atoms with Crippen LogP contribution in [0.3, 0.4) is 0 Å². The van der Waals surface area contributed by atoms with Gasteiger partial charge >= 0.3 is 0 Å². The molecule has 0 aliphatic carbocycles. The van der Waals surface area contributed by atoms with Crippen molar-refractivity contribution in [3.8, 4) is 6.07 Å². The second-order valence-corrected chi connectivity index (χ2v) is 5.37. The number of hydrogen-bond acceptors (Lipinski definition) is 2. The van der Waals surface area contributed by atoms with Gasteiger partial charge in [-0.25, -0.2) is 0 Å².